The van der Waals surface area contributed by atoms with E-state index in [1.807, 2.05) is 13.8 Å². The van der Waals surface area contributed by atoms with Crippen molar-refractivity contribution in [2.75, 3.05) is 18.5 Å². The fraction of sp³-hybridized carbons (Fsp3) is 0.421. The van der Waals surface area contributed by atoms with Gasteiger partial charge in [0.25, 0.3) is 5.91 Å². The Morgan fingerprint density at radius 3 is 2.41 bits per heavy atom. The van der Waals surface area contributed by atoms with Gasteiger partial charge in [-0.1, -0.05) is 11.6 Å². The highest BCUT2D eigenvalue weighted by Gasteiger charge is 2.17. The van der Waals surface area contributed by atoms with Gasteiger partial charge in [0.1, 0.15) is 12.3 Å². The molecule has 27 heavy (non-hydrogen) atoms. The average Bonchev–Trinajstić information content (AvgIpc) is 2.85. The first-order valence-corrected chi connectivity index (χ1v) is 8.99. The van der Waals surface area contributed by atoms with Crippen LogP contribution in [0.15, 0.2) is 12.1 Å². The molecule has 0 aliphatic heterocycles. The highest BCUT2D eigenvalue weighted by Crippen LogP contribution is 2.26. The molecule has 0 aliphatic rings. The van der Waals surface area contributed by atoms with Gasteiger partial charge in [-0.15, -0.1) is 0 Å². The van der Waals surface area contributed by atoms with Gasteiger partial charge in [0.05, 0.1) is 23.7 Å². The molecule has 1 aromatic heterocycles. The Bertz CT molecular complexity index is 838. The zero-order valence-electron chi connectivity index (χ0n) is 16.2. The molecule has 7 nitrogen and oxygen atoms in total. The molecular formula is C19H24ClN3O4. The van der Waals surface area contributed by atoms with Crippen molar-refractivity contribution in [2.24, 2.45) is 0 Å². The summed E-state index contributed by atoms with van der Waals surface area (Å²) in [6.07, 6.45) is 0. The van der Waals surface area contributed by atoms with Crippen LogP contribution in [0.5, 0.6) is 5.75 Å². The van der Waals surface area contributed by atoms with E-state index in [1.54, 1.807) is 32.9 Å². The summed E-state index contributed by atoms with van der Waals surface area (Å²) >= 11 is 6.14. The van der Waals surface area contributed by atoms with Gasteiger partial charge in [0, 0.05) is 5.02 Å². The van der Waals surface area contributed by atoms with Gasteiger partial charge in [0.15, 0.2) is 6.61 Å². The Morgan fingerprint density at radius 2 is 1.81 bits per heavy atom. The second kappa shape index (κ2) is 8.90. The topological polar surface area (TPSA) is 82.5 Å². The number of carbonyl (C=O) groups is 2. The standard InChI is InChI=1S/C19H24ClN3O4/c1-6-26-17(25)9-23-14(5)19(13(4)22-23)21-16(24)10-27-15-7-11(2)18(20)12(3)8-15/h7-8H,6,9-10H2,1-5H3,(H,21,24). The Morgan fingerprint density at radius 1 is 1.19 bits per heavy atom. The van der Waals surface area contributed by atoms with E-state index in [1.165, 1.54) is 4.68 Å². The summed E-state index contributed by atoms with van der Waals surface area (Å²) in [4.78, 5) is 23.9. The molecule has 0 radical (unpaired) electrons. The highest BCUT2D eigenvalue weighted by atomic mass is 35.5. The maximum atomic E-state index is 12.3. The molecule has 1 amide bonds. The van der Waals surface area contributed by atoms with E-state index in [4.69, 9.17) is 21.1 Å². The number of anilines is 1. The first-order valence-electron chi connectivity index (χ1n) is 8.62. The molecule has 0 aliphatic carbocycles. The molecule has 2 aromatic rings. The SMILES string of the molecule is CCOC(=O)Cn1nc(C)c(NC(=O)COc2cc(C)c(Cl)c(C)c2)c1C. The van der Waals surface area contributed by atoms with Crippen molar-refractivity contribution in [2.45, 2.75) is 41.2 Å². The van der Waals surface area contributed by atoms with Gasteiger partial charge in [-0.05, 0) is 57.9 Å². The van der Waals surface area contributed by atoms with Crippen LogP contribution in [-0.4, -0.2) is 34.9 Å². The van der Waals surface area contributed by atoms with Crippen molar-refractivity contribution in [3.8, 4) is 5.75 Å². The van der Waals surface area contributed by atoms with Crippen LogP contribution in [0.4, 0.5) is 5.69 Å². The number of benzene rings is 1. The quantitative estimate of drug-likeness (QED) is 0.729. The first-order chi connectivity index (χ1) is 12.7. The third kappa shape index (κ3) is 5.23. The van der Waals surface area contributed by atoms with E-state index in [0.29, 0.717) is 34.5 Å². The van der Waals surface area contributed by atoms with Crippen LogP contribution in [-0.2, 0) is 20.9 Å². The Balaban J connectivity index is 2.01. The molecule has 0 saturated carbocycles. The summed E-state index contributed by atoms with van der Waals surface area (Å²) in [6.45, 7) is 9.20. The molecule has 8 heteroatoms. The van der Waals surface area contributed by atoms with Gasteiger partial charge >= 0.3 is 5.97 Å². The highest BCUT2D eigenvalue weighted by molar-refractivity contribution is 6.32. The van der Waals surface area contributed by atoms with E-state index >= 15 is 0 Å². The van der Waals surface area contributed by atoms with Crippen LogP contribution in [0, 0.1) is 27.7 Å². The van der Waals surface area contributed by atoms with Crippen LogP contribution < -0.4 is 10.1 Å². The Labute approximate surface area is 163 Å². The van der Waals surface area contributed by atoms with Crippen molar-refractivity contribution in [3.63, 3.8) is 0 Å². The van der Waals surface area contributed by atoms with Gasteiger partial charge in [-0.3, -0.25) is 14.3 Å². The molecule has 0 spiro atoms. The number of carbonyl (C=O) groups excluding carboxylic acids is 2. The predicted octanol–water partition coefficient (Wildman–Crippen LogP) is 3.35. The van der Waals surface area contributed by atoms with Crippen LogP contribution >= 0.6 is 11.6 Å². The van der Waals surface area contributed by atoms with Gasteiger partial charge in [-0.2, -0.15) is 5.10 Å². The number of amides is 1. The lowest BCUT2D eigenvalue weighted by atomic mass is 10.1. The van der Waals surface area contributed by atoms with Crippen LogP contribution in [0.2, 0.25) is 5.02 Å². The molecule has 0 bridgehead atoms. The number of esters is 1. The van der Waals surface area contributed by atoms with E-state index in [-0.39, 0.29) is 25.0 Å². The fourth-order valence-electron chi connectivity index (χ4n) is 2.67. The number of hydrogen-bond acceptors (Lipinski definition) is 5. The summed E-state index contributed by atoms with van der Waals surface area (Å²) in [6, 6.07) is 3.58. The number of nitrogens with zero attached hydrogens (tertiary/aromatic N) is 2. The summed E-state index contributed by atoms with van der Waals surface area (Å²) in [5, 5.41) is 7.76. The third-order valence-corrected chi connectivity index (χ3v) is 4.61. The number of nitrogens with one attached hydrogen (secondary N) is 1. The van der Waals surface area contributed by atoms with Crippen molar-refractivity contribution in [1.82, 2.24) is 9.78 Å². The molecular weight excluding hydrogens is 370 g/mol. The lowest BCUT2D eigenvalue weighted by Gasteiger charge is -2.11. The lowest BCUT2D eigenvalue weighted by molar-refractivity contribution is -0.144. The number of rotatable bonds is 7. The number of hydrogen-bond donors (Lipinski definition) is 1. The van der Waals surface area contributed by atoms with E-state index in [2.05, 4.69) is 10.4 Å². The average molecular weight is 394 g/mol. The van der Waals surface area contributed by atoms with Crippen LogP contribution in [0.25, 0.3) is 0 Å². The van der Waals surface area contributed by atoms with Crippen LogP contribution in [0.1, 0.15) is 29.4 Å². The van der Waals surface area contributed by atoms with Crippen molar-refractivity contribution >= 4 is 29.2 Å². The fourth-order valence-corrected chi connectivity index (χ4v) is 2.78. The molecule has 1 heterocycles. The minimum atomic E-state index is -0.377. The monoisotopic (exact) mass is 393 g/mol. The minimum Gasteiger partial charge on any atom is -0.484 e. The smallest absolute Gasteiger partial charge is 0.327 e. The normalized spacial score (nSPS) is 10.6. The molecule has 2 rings (SSSR count). The van der Waals surface area contributed by atoms with E-state index < -0.39 is 0 Å². The van der Waals surface area contributed by atoms with Gasteiger partial charge in [-0.25, -0.2) is 0 Å². The number of halogens is 1. The Hall–Kier alpha value is -2.54. The van der Waals surface area contributed by atoms with Gasteiger partial charge < -0.3 is 14.8 Å². The van der Waals surface area contributed by atoms with Gasteiger partial charge in [0.2, 0.25) is 0 Å². The molecule has 0 atom stereocenters. The zero-order chi connectivity index (χ0) is 20.1. The number of ether oxygens (including phenoxy) is 2. The van der Waals surface area contributed by atoms with Crippen molar-refractivity contribution in [3.05, 3.63) is 39.7 Å². The summed E-state index contributed by atoms with van der Waals surface area (Å²) in [7, 11) is 0. The molecule has 0 unspecified atom stereocenters. The molecule has 1 aromatic carbocycles. The number of aryl methyl sites for hydroxylation is 3. The predicted molar refractivity (Wildman–Crippen MR) is 103 cm³/mol. The first kappa shape index (κ1) is 20.8. The third-order valence-electron chi connectivity index (χ3n) is 4.01. The molecule has 146 valence electrons. The maximum absolute atomic E-state index is 12.3. The summed E-state index contributed by atoms with van der Waals surface area (Å²) in [5.74, 6) is -0.115. The number of aromatic nitrogens is 2. The largest absolute Gasteiger partial charge is 0.484 e. The molecule has 1 N–H and O–H groups in total. The van der Waals surface area contributed by atoms with Crippen molar-refractivity contribution in [1.29, 1.82) is 0 Å². The Kier molecular flexibility index (Phi) is 6.85. The van der Waals surface area contributed by atoms with Crippen molar-refractivity contribution < 1.29 is 19.1 Å². The van der Waals surface area contributed by atoms with Crippen LogP contribution in [0.3, 0.4) is 0 Å². The lowest BCUT2D eigenvalue weighted by Crippen LogP contribution is -2.21. The minimum absolute atomic E-state index is 0.00376. The summed E-state index contributed by atoms with van der Waals surface area (Å²) < 4.78 is 12.0. The summed E-state index contributed by atoms with van der Waals surface area (Å²) in [5.41, 5.74) is 3.63. The maximum Gasteiger partial charge on any atom is 0.327 e. The molecule has 0 fully saturated rings. The molecule has 0 saturated heterocycles. The van der Waals surface area contributed by atoms with E-state index in [0.717, 1.165) is 11.1 Å². The zero-order valence-corrected chi connectivity index (χ0v) is 16.9. The second-order valence-corrected chi connectivity index (χ2v) is 6.59. The van der Waals surface area contributed by atoms with E-state index in [9.17, 15) is 9.59 Å². The second-order valence-electron chi connectivity index (χ2n) is 6.22.